The molecule has 2 nitrogen and oxygen atoms in total. The van der Waals surface area contributed by atoms with Crippen LogP contribution in [0.3, 0.4) is 0 Å². The molecule has 4 heteroatoms. The van der Waals surface area contributed by atoms with Crippen molar-refractivity contribution < 1.29 is 5.73 Å². The maximum absolute atomic E-state index is 4.62. The molecule has 2 aliphatic carbocycles. The molecule has 0 amide bonds. The maximum Gasteiger partial charge on any atom is 0.0848 e. The van der Waals surface area contributed by atoms with Crippen molar-refractivity contribution in [2.75, 3.05) is 0 Å². The van der Waals surface area contributed by atoms with Crippen LogP contribution in [0.25, 0.3) is 0 Å². The van der Waals surface area contributed by atoms with E-state index in [2.05, 4.69) is 35.9 Å². The number of rotatable bonds is 1. The van der Waals surface area contributed by atoms with E-state index in [0.29, 0.717) is 10.4 Å². The zero-order valence-electron chi connectivity index (χ0n) is 6.51. The predicted octanol–water partition coefficient (Wildman–Crippen LogP) is -0.0391. The van der Waals surface area contributed by atoms with Gasteiger partial charge in [0.25, 0.3) is 0 Å². The van der Waals surface area contributed by atoms with E-state index in [1.807, 2.05) is 0 Å². The second kappa shape index (κ2) is 4.18. The normalized spacial score (nSPS) is 21.5. The van der Waals surface area contributed by atoms with Crippen LogP contribution in [0.2, 0.25) is 0 Å². The minimum atomic E-state index is 0.516. The van der Waals surface area contributed by atoms with E-state index in [1.165, 1.54) is 25.7 Å². The van der Waals surface area contributed by atoms with Crippen molar-refractivity contribution in [3.8, 4) is 0 Å². The van der Waals surface area contributed by atoms with Crippen LogP contribution in [0.4, 0.5) is 0 Å². The summed E-state index contributed by atoms with van der Waals surface area (Å²) in [5.41, 5.74) is 3.75. The van der Waals surface area contributed by atoms with Gasteiger partial charge in [0.15, 0.2) is 0 Å². The van der Waals surface area contributed by atoms with Crippen LogP contribution in [0.1, 0.15) is 25.7 Å². The summed E-state index contributed by atoms with van der Waals surface area (Å²) in [6.45, 7) is 0. The van der Waals surface area contributed by atoms with Gasteiger partial charge >= 0.3 is 0 Å². The first-order chi connectivity index (χ1) is 5.18. The third-order valence-electron chi connectivity index (χ3n) is 1.60. The van der Waals surface area contributed by atoms with E-state index in [0.717, 1.165) is 6.04 Å². The fourth-order valence-electron chi connectivity index (χ4n) is 0.512. The summed E-state index contributed by atoms with van der Waals surface area (Å²) >= 11 is 9.23. The summed E-state index contributed by atoms with van der Waals surface area (Å²) in [5, 5.41) is 2.96. The third-order valence-corrected chi connectivity index (χ3v) is 1.83. The highest BCUT2D eigenvalue weighted by atomic mass is 32.1. The van der Waals surface area contributed by atoms with E-state index < -0.39 is 0 Å². The lowest BCUT2D eigenvalue weighted by Gasteiger charge is -2.05. The van der Waals surface area contributed by atoms with Gasteiger partial charge < -0.3 is 35.9 Å². The molecule has 11 heavy (non-hydrogen) atoms. The molecule has 2 aliphatic rings. The van der Waals surface area contributed by atoms with Crippen molar-refractivity contribution >= 4 is 29.2 Å². The Morgan fingerprint density at radius 2 is 1.82 bits per heavy atom. The molecule has 0 spiro atoms. The van der Waals surface area contributed by atoms with Crippen LogP contribution in [0.15, 0.2) is 0 Å². The standard InChI is InChI=1S/C4H7NS2.C3H7N/c6-4(7)5-3-1-2-3;4-3-1-2-3/h3H,1-2H2,(H2,5,6,7);3H,1-2,4H2. The molecule has 2 rings (SSSR count). The molecule has 0 unspecified atom stereocenters. The zero-order valence-corrected chi connectivity index (χ0v) is 8.14. The van der Waals surface area contributed by atoms with Crippen molar-refractivity contribution in [1.82, 2.24) is 5.32 Å². The Bertz CT molecular complexity index is 141. The van der Waals surface area contributed by atoms with Crippen molar-refractivity contribution in [3.63, 3.8) is 0 Å². The van der Waals surface area contributed by atoms with Gasteiger partial charge in [-0.15, -0.1) is 0 Å². The van der Waals surface area contributed by atoms with E-state index in [-0.39, 0.29) is 0 Å². The Labute approximate surface area is 78.3 Å². The van der Waals surface area contributed by atoms with Crippen molar-refractivity contribution in [2.24, 2.45) is 0 Å². The summed E-state index contributed by atoms with van der Waals surface area (Å²) in [5.74, 6) is 0. The Morgan fingerprint density at radius 1 is 1.36 bits per heavy atom. The van der Waals surface area contributed by atoms with Crippen molar-refractivity contribution in [1.29, 1.82) is 0 Å². The fraction of sp³-hybridized carbons (Fsp3) is 0.857. The lowest BCUT2D eigenvalue weighted by molar-refractivity contribution is -0.384. The minimum absolute atomic E-state index is 0.516. The molecular weight excluding hydrogens is 176 g/mol. The molecule has 0 aromatic rings. The first kappa shape index (κ1) is 9.16. The predicted molar refractivity (Wildman–Crippen MR) is 52.0 cm³/mol. The van der Waals surface area contributed by atoms with E-state index in [4.69, 9.17) is 0 Å². The molecule has 0 bridgehead atoms. The molecule has 0 aliphatic heterocycles. The van der Waals surface area contributed by atoms with Crippen LogP contribution < -0.4 is 11.1 Å². The van der Waals surface area contributed by atoms with Gasteiger partial charge in [-0.25, -0.2) is 0 Å². The van der Waals surface area contributed by atoms with Gasteiger partial charge in [-0.2, -0.15) is 0 Å². The Morgan fingerprint density at radius 3 is 1.91 bits per heavy atom. The third kappa shape index (κ3) is 6.47. The topological polar surface area (TPSA) is 39.7 Å². The van der Waals surface area contributed by atoms with Gasteiger partial charge in [-0.1, -0.05) is 4.32 Å². The summed E-state index contributed by atoms with van der Waals surface area (Å²) in [4.78, 5) is 0. The molecule has 0 radical (unpaired) electrons. The van der Waals surface area contributed by atoms with Gasteiger partial charge in [0, 0.05) is 18.9 Å². The second-order valence-corrected chi connectivity index (χ2v) is 4.22. The number of nitrogens with one attached hydrogen (secondary N) is 1. The smallest absolute Gasteiger partial charge is 0.0848 e. The van der Waals surface area contributed by atoms with Gasteiger partial charge in [0.2, 0.25) is 0 Å². The van der Waals surface area contributed by atoms with E-state index in [9.17, 15) is 0 Å². The number of thiocarbonyl (C=S) groups is 1. The Hall–Kier alpha value is 0.0700. The van der Waals surface area contributed by atoms with Crippen LogP contribution in [-0.4, -0.2) is 16.4 Å². The minimum Gasteiger partial charge on any atom is -0.412 e. The first-order valence-corrected chi connectivity index (χ1v) is 4.80. The van der Waals surface area contributed by atoms with Crippen LogP contribution in [0, 0.1) is 0 Å². The number of hydrogen-bond acceptors (Lipinski definition) is 2. The Kier molecular flexibility index (Phi) is 3.48. The molecule has 0 atom stereocenters. The van der Waals surface area contributed by atoms with Crippen molar-refractivity contribution in [3.05, 3.63) is 0 Å². The maximum atomic E-state index is 4.62. The van der Waals surface area contributed by atoms with Gasteiger partial charge in [-0.05, 0) is 12.8 Å². The largest absolute Gasteiger partial charge is 0.412 e. The average molecular weight is 190 g/mol. The van der Waals surface area contributed by atoms with Gasteiger partial charge in [0.05, 0.1) is 6.04 Å². The van der Waals surface area contributed by atoms with Crippen LogP contribution in [-0.2, 0) is 12.6 Å². The summed E-state index contributed by atoms with van der Waals surface area (Å²) in [6.07, 6.45) is 5.24. The lowest BCUT2D eigenvalue weighted by atomic mass is 10.7. The molecular formula is C7H14N2S2. The molecule has 0 aromatic carbocycles. The Balaban J connectivity index is 0.000000128. The number of hydrogen-bond donors (Lipinski definition) is 2. The SMILES string of the molecule is S=C([S-])NC1CC1.[NH3+]C1CC1. The first-order valence-electron chi connectivity index (χ1n) is 3.99. The molecule has 2 saturated carbocycles. The monoisotopic (exact) mass is 190 g/mol. The molecule has 4 N–H and O–H groups in total. The highest BCUT2D eigenvalue weighted by molar-refractivity contribution is 8.00. The molecule has 0 heterocycles. The number of quaternary nitrogens is 1. The van der Waals surface area contributed by atoms with Gasteiger partial charge in [-0.3, -0.25) is 0 Å². The van der Waals surface area contributed by atoms with Crippen LogP contribution in [0.5, 0.6) is 0 Å². The quantitative estimate of drug-likeness (QED) is 0.450. The fourth-order valence-corrected chi connectivity index (χ4v) is 0.846. The summed E-state index contributed by atoms with van der Waals surface area (Å²) < 4.78 is 0.516. The molecule has 2 fully saturated rings. The molecule has 0 saturated heterocycles. The van der Waals surface area contributed by atoms with E-state index >= 15 is 0 Å². The zero-order chi connectivity index (χ0) is 8.27. The molecule has 64 valence electrons. The highest BCUT2D eigenvalue weighted by Gasteiger charge is 2.19. The van der Waals surface area contributed by atoms with Crippen molar-refractivity contribution in [2.45, 2.75) is 37.8 Å². The van der Waals surface area contributed by atoms with Crippen LogP contribution >= 0.6 is 12.2 Å². The summed E-state index contributed by atoms with van der Waals surface area (Å²) in [6, 6.07) is 1.46. The highest BCUT2D eigenvalue weighted by Crippen LogP contribution is 2.18. The second-order valence-electron chi connectivity index (χ2n) is 3.15. The average Bonchev–Trinajstić information content (AvgIpc) is 2.67. The van der Waals surface area contributed by atoms with Gasteiger partial charge in [0.1, 0.15) is 0 Å². The molecule has 0 aromatic heterocycles. The van der Waals surface area contributed by atoms with E-state index in [1.54, 1.807) is 0 Å². The summed E-state index contributed by atoms with van der Waals surface area (Å²) in [7, 11) is 0. The lowest BCUT2D eigenvalue weighted by Crippen LogP contribution is -2.52.